The summed E-state index contributed by atoms with van der Waals surface area (Å²) in [6, 6.07) is 0.826. The Bertz CT molecular complexity index is 244. The Labute approximate surface area is 120 Å². The van der Waals surface area contributed by atoms with Crippen molar-refractivity contribution in [3.8, 4) is 0 Å². The Morgan fingerprint density at radius 3 is 2.05 bits per heavy atom. The van der Waals surface area contributed by atoms with Crippen molar-refractivity contribution in [3.63, 3.8) is 0 Å². The molecule has 2 saturated carbocycles. The van der Waals surface area contributed by atoms with Gasteiger partial charge in [0, 0.05) is 6.04 Å². The lowest BCUT2D eigenvalue weighted by Gasteiger charge is -2.37. The Morgan fingerprint density at radius 1 is 0.947 bits per heavy atom. The molecule has 0 radical (unpaired) electrons. The molecular weight excluding hydrogens is 230 g/mol. The first kappa shape index (κ1) is 15.1. The molecule has 2 aliphatic carbocycles. The molecule has 1 nitrogen and oxygen atoms in total. The zero-order chi connectivity index (χ0) is 13.5. The van der Waals surface area contributed by atoms with Crippen LogP contribution in [0, 0.1) is 17.8 Å². The molecule has 0 aromatic heterocycles. The summed E-state index contributed by atoms with van der Waals surface area (Å²) in [6.07, 6.45) is 16.4. The zero-order valence-electron chi connectivity index (χ0n) is 12.9. The van der Waals surface area contributed by atoms with E-state index < -0.39 is 0 Å². The van der Waals surface area contributed by atoms with Crippen molar-refractivity contribution in [2.45, 2.75) is 77.2 Å². The van der Waals surface area contributed by atoms with Crippen molar-refractivity contribution in [3.05, 3.63) is 12.7 Å². The van der Waals surface area contributed by atoms with Crippen molar-refractivity contribution in [1.82, 2.24) is 5.32 Å². The van der Waals surface area contributed by atoms with Crippen LogP contribution in [0.1, 0.15) is 71.1 Å². The number of allylic oxidation sites excluding steroid dienone is 1. The van der Waals surface area contributed by atoms with Crippen LogP contribution in [0.25, 0.3) is 0 Å². The van der Waals surface area contributed by atoms with Crippen LogP contribution < -0.4 is 5.32 Å². The summed E-state index contributed by atoms with van der Waals surface area (Å²) in [5.74, 6) is 2.89. The smallest absolute Gasteiger partial charge is 0.00672 e. The summed E-state index contributed by atoms with van der Waals surface area (Å²) in [7, 11) is 0. The van der Waals surface area contributed by atoms with Gasteiger partial charge in [-0.1, -0.05) is 19.4 Å². The molecule has 0 aromatic rings. The second-order valence-electron chi connectivity index (χ2n) is 6.83. The third-order valence-corrected chi connectivity index (χ3v) is 5.55. The van der Waals surface area contributed by atoms with Crippen LogP contribution in [0.2, 0.25) is 0 Å². The summed E-state index contributed by atoms with van der Waals surface area (Å²) in [5, 5.41) is 3.75. The maximum atomic E-state index is 3.96. The first-order valence-electron chi connectivity index (χ1n) is 8.69. The standard InChI is InChI=1S/C18H33N/c1-3-5-14-19-18-12-10-17(11-13-18)16-8-6-15(4-2)7-9-16/h4,15-19H,2-3,5-14H2,1H3. The summed E-state index contributed by atoms with van der Waals surface area (Å²) < 4.78 is 0. The lowest BCUT2D eigenvalue weighted by Crippen LogP contribution is -2.35. The van der Waals surface area contributed by atoms with Gasteiger partial charge >= 0.3 is 0 Å². The average Bonchev–Trinajstić information content (AvgIpc) is 2.48. The van der Waals surface area contributed by atoms with E-state index >= 15 is 0 Å². The molecule has 2 rings (SSSR count). The predicted octanol–water partition coefficient (Wildman–Crippen LogP) is 4.93. The molecule has 1 heteroatoms. The second kappa shape index (κ2) is 8.09. The maximum absolute atomic E-state index is 3.96. The topological polar surface area (TPSA) is 12.0 Å². The minimum Gasteiger partial charge on any atom is -0.314 e. The first-order valence-corrected chi connectivity index (χ1v) is 8.69. The minimum atomic E-state index is 0.822. The van der Waals surface area contributed by atoms with Gasteiger partial charge in [0.2, 0.25) is 0 Å². The van der Waals surface area contributed by atoms with Crippen LogP contribution in [0.4, 0.5) is 0 Å². The molecule has 0 heterocycles. The van der Waals surface area contributed by atoms with E-state index in [2.05, 4.69) is 24.9 Å². The molecule has 0 saturated heterocycles. The monoisotopic (exact) mass is 263 g/mol. The molecule has 110 valence electrons. The normalized spacial score (nSPS) is 36.1. The summed E-state index contributed by atoms with van der Waals surface area (Å²) >= 11 is 0. The molecule has 0 aliphatic heterocycles. The van der Waals surface area contributed by atoms with E-state index in [9.17, 15) is 0 Å². The van der Waals surface area contributed by atoms with Crippen LogP contribution in [0.3, 0.4) is 0 Å². The zero-order valence-corrected chi connectivity index (χ0v) is 12.9. The molecule has 1 N–H and O–H groups in total. The molecular formula is C18H33N. The number of hydrogen-bond acceptors (Lipinski definition) is 1. The van der Waals surface area contributed by atoms with Gasteiger partial charge in [0.25, 0.3) is 0 Å². The Hall–Kier alpha value is -0.300. The molecule has 0 spiro atoms. The summed E-state index contributed by atoms with van der Waals surface area (Å²) in [4.78, 5) is 0. The van der Waals surface area contributed by atoms with Crippen LogP contribution >= 0.6 is 0 Å². The van der Waals surface area contributed by atoms with E-state index in [-0.39, 0.29) is 0 Å². The Balaban J connectivity index is 1.64. The van der Waals surface area contributed by atoms with Crippen LogP contribution in [0.5, 0.6) is 0 Å². The van der Waals surface area contributed by atoms with Gasteiger partial charge in [-0.3, -0.25) is 0 Å². The van der Waals surface area contributed by atoms with E-state index in [1.807, 2.05) is 0 Å². The van der Waals surface area contributed by atoms with E-state index in [4.69, 9.17) is 0 Å². The van der Waals surface area contributed by atoms with Gasteiger partial charge in [0.1, 0.15) is 0 Å². The highest BCUT2D eigenvalue weighted by atomic mass is 14.9. The van der Waals surface area contributed by atoms with Crippen molar-refractivity contribution < 1.29 is 0 Å². The first-order chi connectivity index (χ1) is 9.33. The van der Waals surface area contributed by atoms with Gasteiger partial charge in [-0.25, -0.2) is 0 Å². The van der Waals surface area contributed by atoms with Gasteiger partial charge in [-0.2, -0.15) is 0 Å². The fourth-order valence-electron chi connectivity index (χ4n) is 4.13. The van der Waals surface area contributed by atoms with Gasteiger partial charge in [-0.05, 0) is 82.1 Å². The number of nitrogens with one attached hydrogen (secondary N) is 1. The van der Waals surface area contributed by atoms with E-state index in [1.165, 1.54) is 70.8 Å². The quantitative estimate of drug-likeness (QED) is 0.529. The predicted molar refractivity (Wildman–Crippen MR) is 84.3 cm³/mol. The molecule has 0 bridgehead atoms. The van der Waals surface area contributed by atoms with Crippen LogP contribution in [0.15, 0.2) is 12.7 Å². The second-order valence-corrected chi connectivity index (χ2v) is 6.83. The molecule has 0 unspecified atom stereocenters. The van der Waals surface area contributed by atoms with Gasteiger partial charge in [-0.15, -0.1) is 6.58 Å². The van der Waals surface area contributed by atoms with E-state index in [0.717, 1.165) is 23.8 Å². The largest absolute Gasteiger partial charge is 0.314 e. The highest BCUT2D eigenvalue weighted by Crippen LogP contribution is 2.40. The maximum Gasteiger partial charge on any atom is 0.00672 e. The average molecular weight is 263 g/mol. The van der Waals surface area contributed by atoms with E-state index in [1.54, 1.807) is 0 Å². The third-order valence-electron chi connectivity index (χ3n) is 5.55. The van der Waals surface area contributed by atoms with Gasteiger partial charge in [0.05, 0.1) is 0 Å². The Kier molecular flexibility index (Phi) is 6.43. The number of rotatable bonds is 6. The van der Waals surface area contributed by atoms with Crippen molar-refractivity contribution in [2.24, 2.45) is 17.8 Å². The molecule has 2 aliphatic rings. The number of hydrogen-bond donors (Lipinski definition) is 1. The van der Waals surface area contributed by atoms with Gasteiger partial charge < -0.3 is 5.32 Å². The molecule has 0 aromatic carbocycles. The van der Waals surface area contributed by atoms with Crippen molar-refractivity contribution >= 4 is 0 Å². The van der Waals surface area contributed by atoms with Crippen LogP contribution in [-0.2, 0) is 0 Å². The molecule has 0 amide bonds. The highest BCUT2D eigenvalue weighted by Gasteiger charge is 2.29. The SMILES string of the molecule is C=CC1CCC(C2CCC(NCCCC)CC2)CC1. The summed E-state index contributed by atoms with van der Waals surface area (Å²) in [6.45, 7) is 7.47. The highest BCUT2D eigenvalue weighted by molar-refractivity contribution is 4.88. The third kappa shape index (κ3) is 4.63. The fourth-order valence-corrected chi connectivity index (χ4v) is 4.13. The lowest BCUT2D eigenvalue weighted by atomic mass is 9.70. The number of unbranched alkanes of at least 4 members (excludes halogenated alkanes) is 1. The van der Waals surface area contributed by atoms with Gasteiger partial charge in [0.15, 0.2) is 0 Å². The summed E-state index contributed by atoms with van der Waals surface area (Å²) in [5.41, 5.74) is 0. The molecule has 19 heavy (non-hydrogen) atoms. The van der Waals surface area contributed by atoms with E-state index in [0.29, 0.717) is 0 Å². The Morgan fingerprint density at radius 2 is 1.53 bits per heavy atom. The molecule has 0 atom stereocenters. The van der Waals surface area contributed by atoms with Crippen molar-refractivity contribution in [1.29, 1.82) is 0 Å². The minimum absolute atomic E-state index is 0.822. The van der Waals surface area contributed by atoms with Crippen molar-refractivity contribution in [2.75, 3.05) is 6.54 Å². The fraction of sp³-hybridized carbons (Fsp3) is 0.889. The lowest BCUT2D eigenvalue weighted by molar-refractivity contribution is 0.164. The van der Waals surface area contributed by atoms with Crippen LogP contribution in [-0.4, -0.2) is 12.6 Å². The molecule has 2 fully saturated rings.